The largest absolute Gasteiger partial charge is 0.493 e. The summed E-state index contributed by atoms with van der Waals surface area (Å²) in [6.07, 6.45) is 7.16. The van der Waals surface area contributed by atoms with Crippen molar-refractivity contribution in [2.24, 2.45) is 0 Å². The van der Waals surface area contributed by atoms with Crippen molar-refractivity contribution in [1.82, 2.24) is 9.88 Å². The molecule has 0 fully saturated rings. The molecular formula is C37H44N4O6. The van der Waals surface area contributed by atoms with Crippen LogP contribution < -0.4 is 15.0 Å². The SMILES string of the molecule is CCCN(C)CCCCOc1cc(C(=O)N2CC[C@H](C)Nc3ccccc32)ccc1-c1ccc2[nH]ccc2c1.O=C(O)/C=C/C(=O)O. The lowest BCUT2D eigenvalue weighted by molar-refractivity contribution is -0.134. The minimum absolute atomic E-state index is 0.00275. The van der Waals surface area contributed by atoms with Gasteiger partial charge in [-0.1, -0.05) is 25.1 Å². The van der Waals surface area contributed by atoms with Crippen LogP contribution in [0.3, 0.4) is 0 Å². The number of amides is 1. The van der Waals surface area contributed by atoms with Gasteiger partial charge >= 0.3 is 11.9 Å². The van der Waals surface area contributed by atoms with E-state index in [0.29, 0.717) is 36.9 Å². The number of hydrogen-bond acceptors (Lipinski definition) is 6. The second-order valence-corrected chi connectivity index (χ2v) is 11.7. The molecule has 1 aromatic heterocycles. The first-order chi connectivity index (χ1) is 22.7. The molecule has 0 radical (unpaired) electrons. The molecule has 0 saturated heterocycles. The zero-order chi connectivity index (χ0) is 33.8. The lowest BCUT2D eigenvalue weighted by atomic mass is 10.0. The number of ether oxygens (including phenoxy) is 1. The summed E-state index contributed by atoms with van der Waals surface area (Å²) in [5, 5.41) is 20.3. The van der Waals surface area contributed by atoms with Crippen LogP contribution in [0.15, 0.2) is 85.1 Å². The number of rotatable bonds is 12. The fourth-order valence-electron chi connectivity index (χ4n) is 5.51. The Hall–Kier alpha value is -5.09. The molecule has 1 atom stereocenters. The molecule has 0 saturated carbocycles. The fourth-order valence-corrected chi connectivity index (χ4v) is 5.51. The third-order valence-electron chi connectivity index (χ3n) is 7.89. The fraction of sp³-hybridized carbons (Fsp3) is 0.324. The van der Waals surface area contributed by atoms with Gasteiger partial charge in [0.25, 0.3) is 5.91 Å². The molecule has 4 N–H and O–H groups in total. The van der Waals surface area contributed by atoms with Crippen molar-refractivity contribution in [3.8, 4) is 16.9 Å². The van der Waals surface area contributed by atoms with Crippen molar-refractivity contribution in [2.45, 2.75) is 45.6 Å². The number of carboxylic acid groups (broad SMARTS) is 2. The highest BCUT2D eigenvalue weighted by molar-refractivity contribution is 6.08. The van der Waals surface area contributed by atoms with Gasteiger partial charge < -0.3 is 35.1 Å². The Morgan fingerprint density at radius 1 is 0.979 bits per heavy atom. The Morgan fingerprint density at radius 2 is 1.74 bits per heavy atom. The lowest BCUT2D eigenvalue weighted by Crippen LogP contribution is -2.32. The summed E-state index contributed by atoms with van der Waals surface area (Å²) in [5.74, 6) is -1.76. The number of nitrogens with zero attached hydrogens (tertiary/aromatic N) is 2. The molecule has 3 aromatic carbocycles. The summed E-state index contributed by atoms with van der Waals surface area (Å²) < 4.78 is 6.41. The monoisotopic (exact) mass is 640 g/mol. The normalized spacial score (nSPS) is 14.2. The van der Waals surface area contributed by atoms with Gasteiger partial charge in [-0.2, -0.15) is 0 Å². The number of hydrogen-bond donors (Lipinski definition) is 4. The van der Waals surface area contributed by atoms with Crippen LogP contribution >= 0.6 is 0 Å². The van der Waals surface area contributed by atoms with E-state index in [9.17, 15) is 14.4 Å². The number of H-pyrrole nitrogens is 1. The zero-order valence-corrected chi connectivity index (χ0v) is 27.2. The van der Waals surface area contributed by atoms with Crippen LogP contribution in [0.2, 0.25) is 0 Å². The molecular weight excluding hydrogens is 596 g/mol. The van der Waals surface area contributed by atoms with Crippen molar-refractivity contribution in [3.05, 3.63) is 90.6 Å². The van der Waals surface area contributed by atoms with E-state index < -0.39 is 11.9 Å². The second-order valence-electron chi connectivity index (χ2n) is 11.7. The Kier molecular flexibility index (Phi) is 12.6. The number of aromatic amines is 1. The molecule has 1 aliphatic rings. The Labute approximate surface area is 275 Å². The molecule has 1 aliphatic heterocycles. The number of carbonyl (C=O) groups is 3. The van der Waals surface area contributed by atoms with Crippen LogP contribution in [-0.4, -0.2) is 77.3 Å². The van der Waals surface area contributed by atoms with E-state index in [0.717, 1.165) is 71.5 Å². The zero-order valence-electron chi connectivity index (χ0n) is 27.2. The number of carboxylic acids is 2. The van der Waals surface area contributed by atoms with E-state index in [4.69, 9.17) is 14.9 Å². The summed E-state index contributed by atoms with van der Waals surface area (Å²) in [4.78, 5) is 40.5. The van der Waals surface area contributed by atoms with E-state index in [1.807, 2.05) is 53.6 Å². The molecule has 2 heterocycles. The van der Waals surface area contributed by atoms with Crippen LogP contribution in [0.1, 0.15) is 49.9 Å². The van der Waals surface area contributed by atoms with E-state index in [2.05, 4.69) is 60.4 Å². The molecule has 4 aromatic rings. The van der Waals surface area contributed by atoms with E-state index >= 15 is 0 Å². The summed E-state index contributed by atoms with van der Waals surface area (Å²) in [6.45, 7) is 7.83. The standard InChI is InChI=1S/C33H40N4O2.C4H4O4/c1-4-18-36(3)19-7-8-21-39-32-23-27(11-13-28(32)25-12-14-29-26(22-25)15-17-34-29)33(38)37-20-16-24(2)35-30-9-5-6-10-31(30)37;5-3(6)1-2-4(7)8/h5-6,9-15,17,22-24,34-35H,4,7-8,16,18-21H2,1-3H3;1-2H,(H,5,6)(H,7,8)/b;2-1+/t24-;/m0./s1. The summed E-state index contributed by atoms with van der Waals surface area (Å²) >= 11 is 0. The average molecular weight is 641 g/mol. The minimum atomic E-state index is -1.26. The van der Waals surface area contributed by atoms with Crippen molar-refractivity contribution < 1.29 is 29.3 Å². The van der Waals surface area contributed by atoms with Crippen LogP contribution in [0.4, 0.5) is 11.4 Å². The van der Waals surface area contributed by atoms with Crippen molar-refractivity contribution in [2.75, 3.05) is 43.5 Å². The summed E-state index contributed by atoms with van der Waals surface area (Å²) in [5.41, 5.74) is 5.75. The first-order valence-corrected chi connectivity index (χ1v) is 16.0. The number of para-hydroxylation sites is 2. The van der Waals surface area contributed by atoms with Gasteiger partial charge in [0.2, 0.25) is 0 Å². The number of nitrogens with one attached hydrogen (secondary N) is 2. The highest BCUT2D eigenvalue weighted by Crippen LogP contribution is 2.35. The predicted molar refractivity (Wildman–Crippen MR) is 186 cm³/mol. The van der Waals surface area contributed by atoms with Gasteiger partial charge in [-0.15, -0.1) is 0 Å². The molecule has 248 valence electrons. The van der Waals surface area contributed by atoms with E-state index in [1.165, 1.54) is 6.42 Å². The minimum Gasteiger partial charge on any atom is -0.493 e. The number of aromatic nitrogens is 1. The number of anilines is 2. The smallest absolute Gasteiger partial charge is 0.328 e. The summed E-state index contributed by atoms with van der Waals surface area (Å²) in [6, 6.07) is 22.7. The molecule has 0 aliphatic carbocycles. The number of aliphatic carboxylic acids is 2. The second kappa shape index (κ2) is 17.0. The van der Waals surface area contributed by atoms with Crippen molar-refractivity contribution in [3.63, 3.8) is 0 Å². The number of carbonyl (C=O) groups excluding carboxylic acids is 1. The van der Waals surface area contributed by atoms with Crippen LogP contribution in [-0.2, 0) is 9.59 Å². The molecule has 47 heavy (non-hydrogen) atoms. The predicted octanol–water partition coefficient (Wildman–Crippen LogP) is 6.90. The Bertz CT molecular complexity index is 1680. The van der Waals surface area contributed by atoms with Gasteiger partial charge in [0, 0.05) is 47.6 Å². The Morgan fingerprint density at radius 3 is 2.49 bits per heavy atom. The quantitative estimate of drug-likeness (QED) is 0.0971. The van der Waals surface area contributed by atoms with Crippen molar-refractivity contribution >= 4 is 40.1 Å². The molecule has 0 unspecified atom stereocenters. The van der Waals surface area contributed by atoms with Crippen molar-refractivity contribution in [1.29, 1.82) is 0 Å². The molecule has 10 heteroatoms. The van der Waals surface area contributed by atoms with Crippen LogP contribution in [0, 0.1) is 0 Å². The lowest BCUT2D eigenvalue weighted by Gasteiger charge is -2.23. The van der Waals surface area contributed by atoms with Gasteiger partial charge in [-0.05, 0) is 112 Å². The van der Waals surface area contributed by atoms with E-state index in [1.54, 1.807) is 0 Å². The third kappa shape index (κ3) is 9.95. The summed E-state index contributed by atoms with van der Waals surface area (Å²) in [7, 11) is 2.17. The first kappa shape index (κ1) is 34.8. The average Bonchev–Trinajstić information content (AvgIpc) is 3.45. The first-order valence-electron chi connectivity index (χ1n) is 16.0. The van der Waals surface area contributed by atoms with Crippen LogP contribution in [0.25, 0.3) is 22.0 Å². The molecule has 0 bridgehead atoms. The van der Waals surface area contributed by atoms with Gasteiger partial charge in [0.1, 0.15) is 5.75 Å². The topological polar surface area (TPSA) is 135 Å². The van der Waals surface area contributed by atoms with Crippen LogP contribution in [0.5, 0.6) is 5.75 Å². The maximum absolute atomic E-state index is 13.9. The van der Waals surface area contributed by atoms with E-state index in [-0.39, 0.29) is 5.91 Å². The van der Waals surface area contributed by atoms with Gasteiger partial charge in [0.15, 0.2) is 0 Å². The van der Waals surface area contributed by atoms with Gasteiger partial charge in [-0.3, -0.25) is 4.79 Å². The van der Waals surface area contributed by atoms with Gasteiger partial charge in [0.05, 0.1) is 18.0 Å². The molecule has 0 spiro atoms. The molecule has 5 rings (SSSR count). The third-order valence-corrected chi connectivity index (χ3v) is 7.89. The number of unbranched alkanes of at least 4 members (excludes halogenated alkanes) is 1. The number of benzene rings is 3. The Balaban J connectivity index is 0.000000555. The molecule has 10 nitrogen and oxygen atoms in total. The maximum atomic E-state index is 13.9. The molecule has 1 amide bonds. The number of fused-ring (bicyclic) bond motifs is 2. The maximum Gasteiger partial charge on any atom is 0.328 e. The highest BCUT2D eigenvalue weighted by atomic mass is 16.5. The highest BCUT2D eigenvalue weighted by Gasteiger charge is 2.25. The van der Waals surface area contributed by atoms with Gasteiger partial charge in [-0.25, -0.2) is 9.59 Å².